The normalized spacial score (nSPS) is 12.1. The zero-order chi connectivity index (χ0) is 10.9. The molecule has 0 N–H and O–H groups in total. The molecule has 3 nitrogen and oxygen atoms in total. The van der Waals surface area contributed by atoms with Crippen LogP contribution in [0.5, 0.6) is 0 Å². The van der Waals surface area contributed by atoms with Crippen molar-refractivity contribution in [3.05, 3.63) is 29.0 Å². The van der Waals surface area contributed by atoms with Gasteiger partial charge in [-0.2, -0.15) is 0 Å². The molecule has 1 rings (SSSR count). The summed E-state index contributed by atoms with van der Waals surface area (Å²) in [6, 6.07) is 3.86. The third-order valence-electron chi connectivity index (χ3n) is 1.67. The molecule has 0 saturated heterocycles. The van der Waals surface area contributed by atoms with Crippen LogP contribution in [0.25, 0.3) is 0 Å². The summed E-state index contributed by atoms with van der Waals surface area (Å²) in [5.41, 5.74) is 0. The van der Waals surface area contributed by atoms with Crippen molar-refractivity contribution in [3.8, 4) is 0 Å². The van der Waals surface area contributed by atoms with Crippen LogP contribution < -0.4 is 0 Å². The third-order valence-corrected chi connectivity index (χ3v) is 3.80. The van der Waals surface area contributed by atoms with Gasteiger partial charge in [-0.25, -0.2) is 17.1 Å². The van der Waals surface area contributed by atoms with Crippen LogP contribution in [-0.4, -0.2) is 26.8 Å². The van der Waals surface area contributed by atoms with E-state index < -0.39 is 20.7 Å². The Morgan fingerprint density at radius 2 is 1.93 bits per heavy atom. The molecule has 0 heterocycles. The molecule has 0 aliphatic rings. The van der Waals surface area contributed by atoms with E-state index in [1.54, 1.807) is 0 Å². The van der Waals surface area contributed by atoms with Gasteiger partial charge in [0, 0.05) is 14.1 Å². The third kappa shape index (κ3) is 1.89. The van der Waals surface area contributed by atoms with Gasteiger partial charge in [-0.05, 0) is 12.1 Å². The molecule has 0 bridgehead atoms. The second-order valence-electron chi connectivity index (χ2n) is 2.84. The van der Waals surface area contributed by atoms with Gasteiger partial charge < -0.3 is 0 Å². The van der Waals surface area contributed by atoms with Gasteiger partial charge in [-0.15, -0.1) is 0 Å². The summed E-state index contributed by atoms with van der Waals surface area (Å²) in [7, 11) is -1.10. The van der Waals surface area contributed by atoms with Crippen molar-refractivity contribution in [1.29, 1.82) is 0 Å². The van der Waals surface area contributed by atoms with E-state index in [0.717, 1.165) is 4.31 Å². The van der Waals surface area contributed by atoms with Crippen molar-refractivity contribution in [2.24, 2.45) is 0 Å². The van der Waals surface area contributed by atoms with E-state index in [4.69, 9.17) is 11.6 Å². The fourth-order valence-electron chi connectivity index (χ4n) is 0.880. The Morgan fingerprint density at radius 3 is 2.43 bits per heavy atom. The molecular formula is C8H9ClFNO2S. The fourth-order valence-corrected chi connectivity index (χ4v) is 2.09. The van der Waals surface area contributed by atoms with Crippen molar-refractivity contribution in [2.75, 3.05) is 14.1 Å². The summed E-state index contributed by atoms with van der Waals surface area (Å²) >= 11 is 5.47. The molecule has 0 aromatic heterocycles. The minimum Gasteiger partial charge on any atom is -0.207 e. The molecule has 0 spiro atoms. The van der Waals surface area contributed by atoms with Gasteiger partial charge in [0.2, 0.25) is 10.0 Å². The Labute approximate surface area is 87.2 Å². The molecule has 0 saturated carbocycles. The lowest BCUT2D eigenvalue weighted by Gasteiger charge is -2.12. The summed E-state index contributed by atoms with van der Waals surface area (Å²) in [4.78, 5) is -0.407. The zero-order valence-electron chi connectivity index (χ0n) is 7.66. The molecule has 0 amide bonds. The van der Waals surface area contributed by atoms with Crippen LogP contribution >= 0.6 is 11.6 Å². The number of rotatable bonds is 2. The van der Waals surface area contributed by atoms with Crippen LogP contribution in [-0.2, 0) is 10.0 Å². The lowest BCUT2D eigenvalue weighted by Crippen LogP contribution is -2.23. The number of nitrogens with zero attached hydrogens (tertiary/aromatic N) is 1. The number of halogens is 2. The van der Waals surface area contributed by atoms with Crippen molar-refractivity contribution in [2.45, 2.75) is 4.90 Å². The minimum absolute atomic E-state index is 0.201. The van der Waals surface area contributed by atoms with Gasteiger partial charge in [0.15, 0.2) is 5.82 Å². The van der Waals surface area contributed by atoms with E-state index >= 15 is 0 Å². The van der Waals surface area contributed by atoms with Gasteiger partial charge in [-0.1, -0.05) is 17.7 Å². The number of hydrogen-bond donors (Lipinski definition) is 0. The second-order valence-corrected chi connectivity index (χ2v) is 5.37. The first-order valence-corrected chi connectivity index (χ1v) is 5.55. The van der Waals surface area contributed by atoms with Gasteiger partial charge in [0.05, 0.1) is 5.02 Å². The highest BCUT2D eigenvalue weighted by Gasteiger charge is 2.22. The van der Waals surface area contributed by atoms with Crippen molar-refractivity contribution in [3.63, 3.8) is 0 Å². The molecule has 1 aromatic rings. The SMILES string of the molecule is CN(C)S(=O)(=O)c1cccc(Cl)c1F. The quantitative estimate of drug-likeness (QED) is 0.786. The van der Waals surface area contributed by atoms with Crippen LogP contribution in [0.4, 0.5) is 4.39 Å². The van der Waals surface area contributed by atoms with Crippen LogP contribution in [0.2, 0.25) is 5.02 Å². The predicted molar refractivity (Wildman–Crippen MR) is 52.3 cm³/mol. The first kappa shape index (κ1) is 11.4. The van der Waals surface area contributed by atoms with Gasteiger partial charge in [0.1, 0.15) is 4.90 Å². The van der Waals surface area contributed by atoms with Crippen LogP contribution in [0.3, 0.4) is 0 Å². The average Bonchev–Trinajstić information content (AvgIpc) is 2.09. The Morgan fingerprint density at radius 1 is 1.36 bits per heavy atom. The number of hydrogen-bond acceptors (Lipinski definition) is 2. The largest absolute Gasteiger partial charge is 0.245 e. The van der Waals surface area contributed by atoms with Crippen molar-refractivity contribution < 1.29 is 12.8 Å². The molecule has 0 atom stereocenters. The van der Waals surface area contributed by atoms with E-state index in [-0.39, 0.29) is 5.02 Å². The summed E-state index contributed by atoms with van der Waals surface area (Å²) in [5.74, 6) is -0.914. The highest BCUT2D eigenvalue weighted by molar-refractivity contribution is 7.89. The molecule has 0 aliphatic heterocycles. The zero-order valence-corrected chi connectivity index (χ0v) is 9.23. The smallest absolute Gasteiger partial charge is 0.207 e. The average molecular weight is 238 g/mol. The predicted octanol–water partition coefficient (Wildman–Crippen LogP) is 1.73. The van der Waals surface area contributed by atoms with Crippen LogP contribution in [0.15, 0.2) is 23.1 Å². The van der Waals surface area contributed by atoms with Crippen molar-refractivity contribution in [1.82, 2.24) is 4.31 Å². The Kier molecular flexibility index (Phi) is 3.14. The Balaban J connectivity index is 3.42. The molecule has 6 heteroatoms. The monoisotopic (exact) mass is 237 g/mol. The van der Waals surface area contributed by atoms with Gasteiger partial charge in [0.25, 0.3) is 0 Å². The molecule has 0 radical (unpaired) electrons. The van der Waals surface area contributed by atoms with E-state index in [2.05, 4.69) is 0 Å². The maximum absolute atomic E-state index is 13.3. The highest BCUT2D eigenvalue weighted by atomic mass is 35.5. The summed E-state index contributed by atoms with van der Waals surface area (Å²) < 4.78 is 37.3. The van der Waals surface area contributed by atoms with Crippen molar-refractivity contribution >= 4 is 21.6 Å². The summed E-state index contributed by atoms with van der Waals surface area (Å²) in [5, 5.41) is -0.201. The number of sulfonamides is 1. The van der Waals surface area contributed by atoms with E-state index in [0.29, 0.717) is 0 Å². The molecule has 0 fully saturated rings. The van der Waals surface area contributed by atoms with Crippen LogP contribution in [0, 0.1) is 5.82 Å². The van der Waals surface area contributed by atoms with Crippen LogP contribution in [0.1, 0.15) is 0 Å². The maximum Gasteiger partial charge on any atom is 0.245 e. The molecule has 14 heavy (non-hydrogen) atoms. The first-order valence-electron chi connectivity index (χ1n) is 3.74. The lowest BCUT2D eigenvalue weighted by molar-refractivity contribution is 0.508. The second kappa shape index (κ2) is 3.84. The molecule has 78 valence electrons. The van der Waals surface area contributed by atoms with E-state index in [9.17, 15) is 12.8 Å². The lowest BCUT2D eigenvalue weighted by atomic mass is 10.3. The van der Waals surface area contributed by atoms with Gasteiger partial charge >= 0.3 is 0 Å². The minimum atomic E-state index is -3.76. The fraction of sp³-hybridized carbons (Fsp3) is 0.250. The molecule has 0 aliphatic carbocycles. The van der Waals surface area contributed by atoms with E-state index in [1.807, 2.05) is 0 Å². The summed E-state index contributed by atoms with van der Waals surface area (Å²) in [6.45, 7) is 0. The molecule has 1 aromatic carbocycles. The maximum atomic E-state index is 13.3. The Bertz CT molecular complexity index is 445. The molecular weight excluding hydrogens is 229 g/mol. The summed E-state index contributed by atoms with van der Waals surface area (Å²) in [6.07, 6.45) is 0. The number of benzene rings is 1. The molecule has 0 unspecified atom stereocenters. The van der Waals surface area contributed by atoms with Gasteiger partial charge in [-0.3, -0.25) is 0 Å². The standard InChI is InChI=1S/C8H9ClFNO2S/c1-11(2)14(12,13)7-5-3-4-6(9)8(7)10/h3-5H,1-2H3. The highest BCUT2D eigenvalue weighted by Crippen LogP contribution is 2.23. The topological polar surface area (TPSA) is 37.4 Å². The Hall–Kier alpha value is -0.650. The first-order chi connectivity index (χ1) is 6.37. The van der Waals surface area contributed by atoms with E-state index in [1.165, 1.54) is 32.3 Å².